The summed E-state index contributed by atoms with van der Waals surface area (Å²) in [5, 5.41) is 3.60. The lowest BCUT2D eigenvalue weighted by Crippen LogP contribution is -2.21. The highest BCUT2D eigenvalue weighted by Gasteiger charge is 2.38. The third-order valence-electron chi connectivity index (χ3n) is 1.90. The molecule has 0 aliphatic carbocycles. The van der Waals surface area contributed by atoms with Crippen LogP contribution in [0.3, 0.4) is 0 Å². The number of hydrogen-bond acceptors (Lipinski definition) is 3. The fraction of sp³-hybridized carbons (Fsp3) is 0.833. The van der Waals surface area contributed by atoms with Crippen LogP contribution in [0.4, 0.5) is 4.39 Å². The summed E-state index contributed by atoms with van der Waals surface area (Å²) >= 11 is 0. The molecule has 4 heteroatoms. The molecule has 2 aliphatic rings. The predicted molar refractivity (Wildman–Crippen MR) is 32.6 cm³/mol. The van der Waals surface area contributed by atoms with Gasteiger partial charge in [-0.25, -0.2) is 4.39 Å². The van der Waals surface area contributed by atoms with Crippen LogP contribution >= 0.6 is 0 Å². The Bertz CT molecular complexity index is 171. The van der Waals surface area contributed by atoms with Crippen LogP contribution in [0.5, 0.6) is 0 Å². The third kappa shape index (κ3) is 0.718. The van der Waals surface area contributed by atoms with Gasteiger partial charge in [0.05, 0.1) is 24.8 Å². The summed E-state index contributed by atoms with van der Waals surface area (Å²) in [5.41, 5.74) is 0.502. The lowest BCUT2D eigenvalue weighted by atomic mass is 10.0. The molecule has 2 atom stereocenters. The summed E-state index contributed by atoms with van der Waals surface area (Å²) < 4.78 is 17.1. The van der Waals surface area contributed by atoms with E-state index >= 15 is 0 Å². The molecule has 0 spiro atoms. The Balaban J connectivity index is 2.10. The number of oxime groups is 1. The maximum Gasteiger partial charge on any atom is 0.161 e. The van der Waals surface area contributed by atoms with Gasteiger partial charge in [0.25, 0.3) is 0 Å². The number of halogens is 1. The van der Waals surface area contributed by atoms with Gasteiger partial charge in [0.1, 0.15) is 6.67 Å². The Hall–Kier alpha value is -0.640. The van der Waals surface area contributed by atoms with Crippen molar-refractivity contribution >= 4 is 5.71 Å². The molecule has 1 fully saturated rings. The van der Waals surface area contributed by atoms with Crippen molar-refractivity contribution < 1.29 is 14.0 Å². The second-order valence-corrected chi connectivity index (χ2v) is 2.50. The summed E-state index contributed by atoms with van der Waals surface area (Å²) in [5.74, 6) is 0.0880. The molecule has 2 rings (SSSR count). The zero-order chi connectivity index (χ0) is 6.97. The second kappa shape index (κ2) is 2.20. The number of alkyl halides is 1. The fourth-order valence-corrected chi connectivity index (χ4v) is 1.28. The van der Waals surface area contributed by atoms with Crippen LogP contribution < -0.4 is 0 Å². The van der Waals surface area contributed by atoms with E-state index in [2.05, 4.69) is 5.16 Å². The SMILES string of the molecule is FCC1=NO[C@@H]2COC[C@H]12. The third-order valence-corrected chi connectivity index (χ3v) is 1.90. The molecular weight excluding hydrogens is 137 g/mol. The summed E-state index contributed by atoms with van der Waals surface area (Å²) in [4.78, 5) is 4.90. The largest absolute Gasteiger partial charge is 0.389 e. The number of ether oxygens (including phenoxy) is 1. The van der Waals surface area contributed by atoms with Gasteiger partial charge in [-0.3, -0.25) is 0 Å². The van der Waals surface area contributed by atoms with Gasteiger partial charge in [-0.1, -0.05) is 5.16 Å². The Labute approximate surface area is 57.8 Å². The summed E-state index contributed by atoms with van der Waals surface area (Å²) in [6.07, 6.45) is -0.00856. The average Bonchev–Trinajstić information content (AvgIpc) is 2.44. The Morgan fingerprint density at radius 2 is 2.50 bits per heavy atom. The number of fused-ring (bicyclic) bond motifs is 1. The highest BCUT2D eigenvalue weighted by atomic mass is 19.1. The van der Waals surface area contributed by atoms with Crippen molar-refractivity contribution in [2.24, 2.45) is 11.1 Å². The van der Waals surface area contributed by atoms with E-state index in [1.807, 2.05) is 0 Å². The van der Waals surface area contributed by atoms with Crippen LogP contribution in [0.15, 0.2) is 5.16 Å². The van der Waals surface area contributed by atoms with Crippen LogP contribution in [-0.4, -0.2) is 31.7 Å². The Morgan fingerprint density at radius 1 is 1.60 bits per heavy atom. The first kappa shape index (κ1) is 6.09. The Kier molecular flexibility index (Phi) is 1.34. The van der Waals surface area contributed by atoms with Gasteiger partial charge in [0, 0.05) is 0 Å². The van der Waals surface area contributed by atoms with Crippen molar-refractivity contribution in [3.63, 3.8) is 0 Å². The van der Waals surface area contributed by atoms with Crippen molar-refractivity contribution in [3.05, 3.63) is 0 Å². The molecule has 0 radical (unpaired) electrons. The predicted octanol–water partition coefficient (Wildman–Crippen LogP) is 0.357. The molecule has 3 nitrogen and oxygen atoms in total. The second-order valence-electron chi connectivity index (χ2n) is 2.50. The minimum Gasteiger partial charge on any atom is -0.389 e. The molecule has 2 heterocycles. The van der Waals surface area contributed by atoms with E-state index in [-0.39, 0.29) is 12.0 Å². The monoisotopic (exact) mass is 145 g/mol. The van der Waals surface area contributed by atoms with Gasteiger partial charge >= 0.3 is 0 Å². The highest BCUT2D eigenvalue weighted by Crippen LogP contribution is 2.24. The molecule has 0 amide bonds. The summed E-state index contributed by atoms with van der Waals surface area (Å²) in [6, 6.07) is 0. The molecule has 0 N–H and O–H groups in total. The van der Waals surface area contributed by atoms with Gasteiger partial charge in [-0.05, 0) is 0 Å². The minimum atomic E-state index is -0.509. The number of hydrogen-bond donors (Lipinski definition) is 0. The minimum absolute atomic E-state index is 0.00856. The lowest BCUT2D eigenvalue weighted by molar-refractivity contribution is 0.0557. The summed E-state index contributed by atoms with van der Waals surface area (Å²) in [7, 11) is 0. The fourth-order valence-electron chi connectivity index (χ4n) is 1.28. The normalized spacial score (nSPS) is 37.1. The molecule has 1 saturated heterocycles. The molecule has 10 heavy (non-hydrogen) atoms. The number of rotatable bonds is 1. The molecule has 0 aromatic heterocycles. The van der Waals surface area contributed by atoms with Crippen LogP contribution in [0, 0.1) is 5.92 Å². The van der Waals surface area contributed by atoms with E-state index in [9.17, 15) is 4.39 Å². The molecule has 0 aromatic rings. The topological polar surface area (TPSA) is 30.8 Å². The molecular formula is C6H8FNO2. The zero-order valence-corrected chi connectivity index (χ0v) is 5.42. The molecule has 0 bridgehead atoms. The van der Waals surface area contributed by atoms with E-state index < -0.39 is 6.67 Å². The van der Waals surface area contributed by atoms with Crippen LogP contribution in [-0.2, 0) is 9.57 Å². The van der Waals surface area contributed by atoms with E-state index in [0.29, 0.717) is 18.9 Å². The van der Waals surface area contributed by atoms with Gasteiger partial charge < -0.3 is 9.57 Å². The Morgan fingerprint density at radius 3 is 3.30 bits per heavy atom. The maximum absolute atomic E-state index is 12.1. The molecule has 0 aromatic carbocycles. The van der Waals surface area contributed by atoms with E-state index in [4.69, 9.17) is 9.57 Å². The smallest absolute Gasteiger partial charge is 0.161 e. The highest BCUT2D eigenvalue weighted by molar-refractivity contribution is 5.89. The molecule has 2 aliphatic heterocycles. The van der Waals surface area contributed by atoms with Crippen LogP contribution in [0.1, 0.15) is 0 Å². The maximum atomic E-state index is 12.1. The van der Waals surface area contributed by atoms with Crippen molar-refractivity contribution in [2.45, 2.75) is 6.10 Å². The van der Waals surface area contributed by atoms with Gasteiger partial charge in [-0.2, -0.15) is 0 Å². The first-order chi connectivity index (χ1) is 4.92. The lowest BCUT2D eigenvalue weighted by Gasteiger charge is -2.02. The first-order valence-electron chi connectivity index (χ1n) is 3.28. The first-order valence-corrected chi connectivity index (χ1v) is 3.28. The standard InChI is InChI=1S/C6H8FNO2/c7-1-5-4-2-9-3-6(4)10-8-5/h4,6H,1-3H2/t4-,6-/m1/s1. The van der Waals surface area contributed by atoms with Crippen molar-refractivity contribution in [1.29, 1.82) is 0 Å². The van der Waals surface area contributed by atoms with Gasteiger partial charge in [0.2, 0.25) is 0 Å². The van der Waals surface area contributed by atoms with E-state index in [1.54, 1.807) is 0 Å². The van der Waals surface area contributed by atoms with Gasteiger partial charge in [-0.15, -0.1) is 0 Å². The quantitative estimate of drug-likeness (QED) is 0.533. The van der Waals surface area contributed by atoms with Crippen molar-refractivity contribution in [3.8, 4) is 0 Å². The molecule has 0 saturated carbocycles. The van der Waals surface area contributed by atoms with Crippen molar-refractivity contribution in [2.75, 3.05) is 19.9 Å². The van der Waals surface area contributed by atoms with Gasteiger partial charge in [0.15, 0.2) is 6.10 Å². The zero-order valence-electron chi connectivity index (χ0n) is 5.42. The van der Waals surface area contributed by atoms with E-state index in [1.165, 1.54) is 0 Å². The van der Waals surface area contributed by atoms with E-state index in [0.717, 1.165) is 0 Å². The summed E-state index contributed by atoms with van der Waals surface area (Å²) in [6.45, 7) is 0.607. The van der Waals surface area contributed by atoms with Crippen LogP contribution in [0.25, 0.3) is 0 Å². The molecule has 56 valence electrons. The number of nitrogens with zero attached hydrogens (tertiary/aromatic N) is 1. The molecule has 0 unspecified atom stereocenters. The van der Waals surface area contributed by atoms with Crippen molar-refractivity contribution in [1.82, 2.24) is 0 Å². The average molecular weight is 145 g/mol. The van der Waals surface area contributed by atoms with Crippen LogP contribution in [0.2, 0.25) is 0 Å².